The first-order valence-corrected chi connectivity index (χ1v) is 8.74. The number of halogens is 1. The Kier molecular flexibility index (Phi) is 4.73. The predicted octanol–water partition coefficient (Wildman–Crippen LogP) is 2.24. The standard InChI is InChI=1S/C17H12BrNO4S/c18-10-5-7-11(8-6-10)19-15(20)9-14(16(19)21)24-13-4-2-1-3-12(13)17(22)23/h1-8,14H,9H2,(H,22,23)/p-1. The van der Waals surface area contributed by atoms with Gasteiger partial charge in [-0.15, -0.1) is 11.8 Å². The van der Waals surface area contributed by atoms with Crippen molar-refractivity contribution >= 4 is 51.2 Å². The Bertz CT molecular complexity index is 822. The fraction of sp³-hybridized carbons (Fsp3) is 0.118. The van der Waals surface area contributed by atoms with E-state index in [2.05, 4.69) is 15.9 Å². The highest BCUT2D eigenvalue weighted by atomic mass is 79.9. The summed E-state index contributed by atoms with van der Waals surface area (Å²) in [7, 11) is 0. The molecule has 1 fully saturated rings. The number of anilines is 1. The van der Waals surface area contributed by atoms with Crippen LogP contribution in [0.4, 0.5) is 5.69 Å². The number of rotatable bonds is 4. The van der Waals surface area contributed by atoms with Crippen LogP contribution in [0, 0.1) is 0 Å². The van der Waals surface area contributed by atoms with E-state index >= 15 is 0 Å². The van der Waals surface area contributed by atoms with Crippen molar-refractivity contribution in [3.63, 3.8) is 0 Å². The Balaban J connectivity index is 1.85. The lowest BCUT2D eigenvalue weighted by Gasteiger charge is -2.16. The Morgan fingerprint density at radius 2 is 1.79 bits per heavy atom. The molecule has 3 rings (SSSR count). The van der Waals surface area contributed by atoms with Gasteiger partial charge < -0.3 is 9.90 Å². The second-order valence-corrected chi connectivity index (χ2v) is 7.30. The van der Waals surface area contributed by atoms with Crippen molar-refractivity contribution in [1.29, 1.82) is 0 Å². The number of nitrogens with zero attached hydrogens (tertiary/aromatic N) is 1. The molecule has 122 valence electrons. The number of imide groups is 1. The molecule has 2 amide bonds. The van der Waals surface area contributed by atoms with Gasteiger partial charge in [-0.1, -0.05) is 34.1 Å². The van der Waals surface area contributed by atoms with Gasteiger partial charge in [0.25, 0.3) is 0 Å². The number of benzene rings is 2. The number of hydrogen-bond acceptors (Lipinski definition) is 5. The number of carbonyl (C=O) groups is 3. The Morgan fingerprint density at radius 1 is 1.12 bits per heavy atom. The molecule has 1 atom stereocenters. The van der Waals surface area contributed by atoms with E-state index in [0.717, 1.165) is 21.1 Å². The molecule has 0 aromatic heterocycles. The zero-order chi connectivity index (χ0) is 17.3. The summed E-state index contributed by atoms with van der Waals surface area (Å²) in [5, 5.41) is 10.5. The minimum absolute atomic E-state index is 0.0184. The number of amides is 2. The van der Waals surface area contributed by atoms with Crippen LogP contribution in [-0.4, -0.2) is 23.0 Å². The Labute approximate surface area is 150 Å². The van der Waals surface area contributed by atoms with Crippen molar-refractivity contribution in [2.24, 2.45) is 0 Å². The summed E-state index contributed by atoms with van der Waals surface area (Å²) in [5.74, 6) is -1.95. The molecule has 1 unspecified atom stereocenters. The van der Waals surface area contributed by atoms with Crippen LogP contribution >= 0.6 is 27.7 Å². The van der Waals surface area contributed by atoms with Gasteiger partial charge in [-0.2, -0.15) is 0 Å². The van der Waals surface area contributed by atoms with Crippen LogP contribution in [0.25, 0.3) is 0 Å². The molecular weight excluding hydrogens is 394 g/mol. The van der Waals surface area contributed by atoms with Crippen molar-refractivity contribution < 1.29 is 19.5 Å². The summed E-state index contributed by atoms with van der Waals surface area (Å²) in [5.41, 5.74) is 0.523. The first kappa shape index (κ1) is 16.7. The van der Waals surface area contributed by atoms with Crippen molar-refractivity contribution in [2.75, 3.05) is 4.90 Å². The van der Waals surface area contributed by atoms with Crippen molar-refractivity contribution in [2.45, 2.75) is 16.6 Å². The number of hydrogen-bond donors (Lipinski definition) is 0. The number of aromatic carboxylic acids is 1. The van der Waals surface area contributed by atoms with Gasteiger partial charge in [0.15, 0.2) is 0 Å². The van der Waals surface area contributed by atoms with Crippen LogP contribution in [0.1, 0.15) is 16.8 Å². The van der Waals surface area contributed by atoms with Gasteiger partial charge >= 0.3 is 0 Å². The average Bonchev–Trinajstić information content (AvgIpc) is 2.83. The second kappa shape index (κ2) is 6.78. The first-order chi connectivity index (χ1) is 11.5. The van der Waals surface area contributed by atoms with E-state index in [0.29, 0.717) is 10.6 Å². The Morgan fingerprint density at radius 3 is 2.46 bits per heavy atom. The van der Waals surface area contributed by atoms with Gasteiger partial charge in [-0.25, -0.2) is 4.90 Å². The van der Waals surface area contributed by atoms with E-state index in [-0.39, 0.29) is 23.8 Å². The minimum Gasteiger partial charge on any atom is -0.545 e. The average molecular weight is 405 g/mol. The number of carbonyl (C=O) groups excluding carboxylic acids is 3. The second-order valence-electron chi connectivity index (χ2n) is 5.14. The summed E-state index contributed by atoms with van der Waals surface area (Å²) < 4.78 is 0.846. The van der Waals surface area contributed by atoms with Gasteiger partial charge in [0.1, 0.15) is 0 Å². The maximum atomic E-state index is 12.6. The summed E-state index contributed by atoms with van der Waals surface area (Å²) in [6, 6.07) is 13.2. The molecule has 1 aliphatic heterocycles. The summed E-state index contributed by atoms with van der Waals surface area (Å²) in [4.78, 5) is 37.6. The molecule has 1 aliphatic rings. The van der Waals surface area contributed by atoms with Crippen molar-refractivity contribution in [3.05, 3.63) is 58.6 Å². The first-order valence-electron chi connectivity index (χ1n) is 7.07. The molecular formula is C17H11BrNO4S-. The fourth-order valence-electron chi connectivity index (χ4n) is 2.45. The van der Waals surface area contributed by atoms with Crippen LogP contribution in [0.15, 0.2) is 57.9 Å². The largest absolute Gasteiger partial charge is 0.545 e. The SMILES string of the molecule is O=C([O-])c1ccccc1SC1CC(=O)N(c2ccc(Br)cc2)C1=O. The topological polar surface area (TPSA) is 77.5 Å². The van der Waals surface area contributed by atoms with E-state index in [9.17, 15) is 19.5 Å². The maximum Gasteiger partial charge on any atom is 0.247 e. The summed E-state index contributed by atoms with van der Waals surface area (Å²) >= 11 is 4.39. The van der Waals surface area contributed by atoms with Crippen LogP contribution in [0.3, 0.4) is 0 Å². The van der Waals surface area contributed by atoms with Gasteiger partial charge in [0, 0.05) is 21.4 Å². The molecule has 0 saturated carbocycles. The smallest absolute Gasteiger partial charge is 0.247 e. The highest BCUT2D eigenvalue weighted by Crippen LogP contribution is 2.35. The molecule has 0 aliphatic carbocycles. The normalized spacial score (nSPS) is 17.4. The van der Waals surface area contributed by atoms with Crippen molar-refractivity contribution in [3.8, 4) is 0 Å². The number of thioether (sulfide) groups is 1. The zero-order valence-corrected chi connectivity index (χ0v) is 14.7. The molecule has 1 saturated heterocycles. The van der Waals surface area contributed by atoms with E-state index in [1.165, 1.54) is 6.07 Å². The van der Waals surface area contributed by atoms with E-state index < -0.39 is 11.2 Å². The lowest BCUT2D eigenvalue weighted by molar-refractivity contribution is -0.255. The molecule has 0 radical (unpaired) electrons. The van der Waals surface area contributed by atoms with Crippen LogP contribution < -0.4 is 10.0 Å². The third-order valence-corrected chi connectivity index (χ3v) is 5.36. The predicted molar refractivity (Wildman–Crippen MR) is 91.7 cm³/mol. The highest BCUT2D eigenvalue weighted by molar-refractivity contribution is 9.10. The van der Waals surface area contributed by atoms with Crippen LogP contribution in [0.2, 0.25) is 0 Å². The van der Waals surface area contributed by atoms with Gasteiger partial charge in [-0.05, 0) is 30.3 Å². The maximum absolute atomic E-state index is 12.6. The van der Waals surface area contributed by atoms with Gasteiger partial charge in [0.2, 0.25) is 11.8 Å². The minimum atomic E-state index is -1.31. The molecule has 2 aromatic rings. The summed E-state index contributed by atoms with van der Waals surface area (Å²) in [6.07, 6.45) is 0.0287. The highest BCUT2D eigenvalue weighted by Gasteiger charge is 2.40. The molecule has 24 heavy (non-hydrogen) atoms. The lowest BCUT2D eigenvalue weighted by atomic mass is 10.2. The third-order valence-electron chi connectivity index (χ3n) is 3.57. The Hall–Kier alpha value is -2.12. The molecule has 7 heteroatoms. The van der Waals surface area contributed by atoms with E-state index in [4.69, 9.17) is 0 Å². The number of carboxylic acids is 1. The molecule has 5 nitrogen and oxygen atoms in total. The molecule has 1 heterocycles. The summed E-state index contributed by atoms with van der Waals surface area (Å²) in [6.45, 7) is 0. The third kappa shape index (κ3) is 3.22. The quantitative estimate of drug-likeness (QED) is 0.730. The monoisotopic (exact) mass is 404 g/mol. The molecule has 0 bridgehead atoms. The van der Waals surface area contributed by atoms with Crippen LogP contribution in [-0.2, 0) is 9.59 Å². The fourth-order valence-corrected chi connectivity index (χ4v) is 3.89. The molecule has 0 N–H and O–H groups in total. The zero-order valence-electron chi connectivity index (χ0n) is 12.3. The van der Waals surface area contributed by atoms with Crippen molar-refractivity contribution in [1.82, 2.24) is 0 Å². The molecule has 2 aromatic carbocycles. The lowest BCUT2D eigenvalue weighted by Crippen LogP contribution is -2.31. The van der Waals surface area contributed by atoms with E-state index in [1.54, 1.807) is 42.5 Å². The number of carboxylic acid groups (broad SMARTS) is 1. The van der Waals surface area contributed by atoms with E-state index in [1.807, 2.05) is 0 Å². The van der Waals surface area contributed by atoms with Crippen LogP contribution in [0.5, 0.6) is 0 Å². The molecule has 0 spiro atoms. The van der Waals surface area contributed by atoms with Gasteiger partial charge in [-0.3, -0.25) is 9.59 Å². The van der Waals surface area contributed by atoms with Gasteiger partial charge in [0.05, 0.1) is 16.9 Å².